The summed E-state index contributed by atoms with van der Waals surface area (Å²) in [4.78, 5) is 13.3. The highest BCUT2D eigenvalue weighted by Gasteiger charge is 2.26. The fourth-order valence-electron chi connectivity index (χ4n) is 4.53. The maximum Gasteiger partial charge on any atom is 0.194 e. The quantitative estimate of drug-likeness (QED) is 0.280. The number of Topliss-reactive ketones (excluding diaryl/α,β-unsaturated/α-hetero) is 1. The Bertz CT molecular complexity index is 1780. The predicted molar refractivity (Wildman–Crippen MR) is 145 cm³/mol. The Morgan fingerprint density at radius 2 is 1.90 bits per heavy atom. The number of benzene rings is 3. The summed E-state index contributed by atoms with van der Waals surface area (Å²) in [6.45, 7) is 1.65. The number of halogens is 3. The van der Waals surface area contributed by atoms with Gasteiger partial charge in [0.05, 0.1) is 22.5 Å². The van der Waals surface area contributed by atoms with E-state index >= 15 is 4.39 Å². The standard InChI is InChI=1S/C28H22ClF2N3O4S/c1-15-7-20(38-25-6-4-3-5-22(25)29)12-24(31)26(15)34-28(32)21(13-33-34)27(35)18-8-16-10-19(14-39(2,36)37)23(30)11-17(16)9-18/h3-7,9-13H,8,14,32H2,1-2H3. The van der Waals surface area contributed by atoms with Crippen molar-refractivity contribution < 1.29 is 26.7 Å². The van der Waals surface area contributed by atoms with Gasteiger partial charge >= 0.3 is 0 Å². The number of para-hydroxylation sites is 1. The molecule has 0 amide bonds. The number of carbonyl (C=O) groups excluding carboxylic acids is 1. The van der Waals surface area contributed by atoms with Gasteiger partial charge in [0.15, 0.2) is 21.4 Å². The van der Waals surface area contributed by atoms with Crippen LogP contribution in [-0.2, 0) is 22.0 Å². The van der Waals surface area contributed by atoms with E-state index in [4.69, 9.17) is 22.1 Å². The number of aryl methyl sites for hydroxylation is 1. The smallest absolute Gasteiger partial charge is 0.194 e. The lowest BCUT2D eigenvalue weighted by Gasteiger charge is -2.13. The summed E-state index contributed by atoms with van der Waals surface area (Å²) >= 11 is 6.13. The van der Waals surface area contributed by atoms with Crippen molar-refractivity contribution in [2.75, 3.05) is 12.0 Å². The van der Waals surface area contributed by atoms with Crippen molar-refractivity contribution in [3.63, 3.8) is 0 Å². The van der Waals surface area contributed by atoms with E-state index in [2.05, 4.69) is 5.10 Å². The molecule has 0 atom stereocenters. The lowest BCUT2D eigenvalue weighted by Crippen LogP contribution is -2.10. The average Bonchev–Trinajstić information content (AvgIpc) is 3.42. The van der Waals surface area contributed by atoms with Crippen molar-refractivity contribution >= 4 is 39.1 Å². The molecule has 4 aromatic rings. The molecule has 0 fully saturated rings. The third-order valence-corrected chi connectivity index (χ3v) is 7.43. The van der Waals surface area contributed by atoms with Gasteiger partial charge in [-0.1, -0.05) is 29.8 Å². The number of sulfone groups is 1. The first-order valence-corrected chi connectivity index (χ1v) is 14.2. The van der Waals surface area contributed by atoms with Crippen LogP contribution >= 0.6 is 11.6 Å². The van der Waals surface area contributed by atoms with Crippen LogP contribution in [0.25, 0.3) is 11.8 Å². The lowest BCUT2D eigenvalue weighted by atomic mass is 10.0. The molecule has 5 rings (SSSR count). The summed E-state index contributed by atoms with van der Waals surface area (Å²) in [7, 11) is -3.44. The van der Waals surface area contributed by atoms with Crippen LogP contribution in [-0.4, -0.2) is 30.2 Å². The van der Waals surface area contributed by atoms with Gasteiger partial charge in [-0.15, -0.1) is 0 Å². The number of fused-ring (bicyclic) bond motifs is 1. The minimum absolute atomic E-state index is 0.0404. The first-order valence-electron chi connectivity index (χ1n) is 11.7. The minimum Gasteiger partial charge on any atom is -0.456 e. The van der Waals surface area contributed by atoms with Gasteiger partial charge in [-0.2, -0.15) is 5.10 Å². The molecule has 0 unspecified atom stereocenters. The van der Waals surface area contributed by atoms with E-state index in [1.807, 2.05) is 0 Å². The SMILES string of the molecule is Cc1cc(Oc2ccccc2Cl)cc(F)c1-n1ncc(C(=O)C2=Cc3cc(F)c(CS(C)(=O)=O)cc3C2)c1N. The molecular weight excluding hydrogens is 548 g/mol. The molecular formula is C28H22ClF2N3O4S. The first kappa shape index (κ1) is 26.6. The van der Waals surface area contributed by atoms with Gasteiger partial charge in [-0.3, -0.25) is 4.79 Å². The van der Waals surface area contributed by atoms with Crippen LogP contribution in [0.15, 0.2) is 60.3 Å². The van der Waals surface area contributed by atoms with Gasteiger partial charge in [0.25, 0.3) is 0 Å². The number of carbonyl (C=O) groups is 1. The zero-order chi connectivity index (χ0) is 28.1. The molecule has 39 heavy (non-hydrogen) atoms. The van der Waals surface area contributed by atoms with E-state index in [9.17, 15) is 17.6 Å². The number of ketones is 1. The second kappa shape index (κ2) is 9.94. The highest BCUT2D eigenvalue weighted by atomic mass is 35.5. The van der Waals surface area contributed by atoms with Crippen molar-refractivity contribution in [3.8, 4) is 17.2 Å². The van der Waals surface area contributed by atoms with Crippen LogP contribution in [0.5, 0.6) is 11.5 Å². The molecule has 11 heteroatoms. The molecule has 0 aliphatic heterocycles. The molecule has 0 saturated heterocycles. The lowest BCUT2D eigenvalue weighted by molar-refractivity contribution is 0.103. The third kappa shape index (κ3) is 5.30. The number of nitrogens with zero attached hydrogens (tertiary/aromatic N) is 2. The summed E-state index contributed by atoms with van der Waals surface area (Å²) in [6.07, 6.45) is 3.98. The molecule has 0 saturated carbocycles. The van der Waals surface area contributed by atoms with Crippen molar-refractivity contribution in [2.45, 2.75) is 19.1 Å². The van der Waals surface area contributed by atoms with Crippen molar-refractivity contribution in [1.29, 1.82) is 0 Å². The van der Waals surface area contributed by atoms with Crippen LogP contribution in [0.2, 0.25) is 5.02 Å². The Morgan fingerprint density at radius 1 is 1.15 bits per heavy atom. The molecule has 1 heterocycles. The topological polar surface area (TPSA) is 104 Å². The summed E-state index contributed by atoms with van der Waals surface area (Å²) in [6, 6.07) is 12.2. The Kier molecular flexibility index (Phi) is 6.77. The molecule has 1 aromatic heterocycles. The summed E-state index contributed by atoms with van der Waals surface area (Å²) in [5, 5.41) is 4.53. The molecule has 1 aliphatic rings. The number of nitrogens with two attached hydrogens (primary N) is 1. The average molecular weight is 570 g/mol. The van der Waals surface area contributed by atoms with Gasteiger partial charge in [0.2, 0.25) is 0 Å². The van der Waals surface area contributed by atoms with E-state index in [1.165, 1.54) is 30.5 Å². The second-order valence-electron chi connectivity index (χ2n) is 9.35. The summed E-state index contributed by atoms with van der Waals surface area (Å²) < 4.78 is 59.9. The number of aromatic nitrogens is 2. The van der Waals surface area contributed by atoms with E-state index < -0.39 is 33.0 Å². The molecule has 2 N–H and O–H groups in total. The van der Waals surface area contributed by atoms with E-state index in [-0.39, 0.29) is 34.8 Å². The van der Waals surface area contributed by atoms with Crippen molar-refractivity contribution in [1.82, 2.24) is 9.78 Å². The second-order valence-corrected chi connectivity index (χ2v) is 11.9. The number of ether oxygens (including phenoxy) is 1. The zero-order valence-electron chi connectivity index (χ0n) is 20.8. The maximum atomic E-state index is 15.3. The number of anilines is 1. The zero-order valence-corrected chi connectivity index (χ0v) is 22.4. The van der Waals surface area contributed by atoms with Gasteiger partial charge < -0.3 is 10.5 Å². The molecule has 3 aromatic carbocycles. The van der Waals surface area contributed by atoms with Crippen molar-refractivity contribution in [2.24, 2.45) is 0 Å². The van der Waals surface area contributed by atoms with E-state index in [1.54, 1.807) is 37.3 Å². The van der Waals surface area contributed by atoms with E-state index in [0.29, 0.717) is 33.0 Å². The molecule has 7 nitrogen and oxygen atoms in total. The monoisotopic (exact) mass is 569 g/mol. The highest BCUT2D eigenvalue weighted by Crippen LogP contribution is 2.34. The first-order chi connectivity index (χ1) is 18.4. The summed E-state index contributed by atoms with van der Waals surface area (Å²) in [5.41, 5.74) is 8.29. The number of allylic oxidation sites excluding steroid dienone is 1. The predicted octanol–water partition coefficient (Wildman–Crippen LogP) is 5.85. The van der Waals surface area contributed by atoms with Crippen molar-refractivity contribution in [3.05, 3.63) is 105 Å². The number of rotatable bonds is 7. The summed E-state index contributed by atoms with van der Waals surface area (Å²) in [5.74, 6) is -1.70. The van der Waals surface area contributed by atoms with Gasteiger partial charge in [-0.05, 0) is 54.0 Å². The fourth-order valence-corrected chi connectivity index (χ4v) is 5.49. The van der Waals surface area contributed by atoms with Crippen LogP contribution in [0.1, 0.15) is 32.6 Å². The molecule has 1 aliphatic carbocycles. The molecule has 0 bridgehead atoms. The van der Waals surface area contributed by atoms with Crippen LogP contribution < -0.4 is 10.5 Å². The van der Waals surface area contributed by atoms with Gasteiger partial charge in [0, 0.05) is 29.9 Å². The Balaban J connectivity index is 1.41. The largest absolute Gasteiger partial charge is 0.456 e. The Hall–Kier alpha value is -4.02. The maximum absolute atomic E-state index is 15.3. The Labute approximate surface area is 228 Å². The minimum atomic E-state index is -3.44. The van der Waals surface area contributed by atoms with Gasteiger partial charge in [-0.25, -0.2) is 21.9 Å². The highest BCUT2D eigenvalue weighted by molar-refractivity contribution is 7.89. The number of hydrogen-bond donors (Lipinski definition) is 1. The molecule has 0 radical (unpaired) electrons. The van der Waals surface area contributed by atoms with E-state index in [0.717, 1.165) is 10.9 Å². The fraction of sp³-hybridized carbons (Fsp3) is 0.143. The normalized spacial score (nSPS) is 12.8. The van der Waals surface area contributed by atoms with Gasteiger partial charge in [0.1, 0.15) is 28.8 Å². The Morgan fingerprint density at radius 3 is 2.59 bits per heavy atom. The third-order valence-electron chi connectivity index (χ3n) is 6.28. The number of nitrogen functional groups attached to an aromatic ring is 1. The van der Waals surface area contributed by atoms with Crippen LogP contribution in [0.3, 0.4) is 0 Å². The molecule has 0 spiro atoms. The number of hydrogen-bond acceptors (Lipinski definition) is 6. The van der Waals surface area contributed by atoms with Crippen LogP contribution in [0, 0.1) is 18.6 Å². The molecule has 200 valence electrons. The van der Waals surface area contributed by atoms with Crippen LogP contribution in [0.4, 0.5) is 14.6 Å².